The van der Waals surface area contributed by atoms with Crippen LogP contribution in [-0.4, -0.2) is 97.1 Å². The number of benzene rings is 2. The molecule has 0 aromatic heterocycles. The smallest absolute Gasteiger partial charge is 0.409 e. The number of ether oxygens (including phenoxy) is 1. The second-order valence-corrected chi connectivity index (χ2v) is 8.26. The third-order valence-electron chi connectivity index (χ3n) is 6.26. The van der Waals surface area contributed by atoms with E-state index >= 15 is 0 Å². The maximum Gasteiger partial charge on any atom is 0.409 e. The Kier molecular flexibility index (Phi) is 7.04. The van der Waals surface area contributed by atoms with Crippen LogP contribution in [-0.2, 0) is 16.1 Å². The summed E-state index contributed by atoms with van der Waals surface area (Å²) >= 11 is 0. The van der Waals surface area contributed by atoms with Crippen LogP contribution in [0.2, 0.25) is 0 Å². The fourth-order valence-corrected chi connectivity index (χ4v) is 4.42. The molecule has 4 rings (SSSR count). The molecular weight excluding hydrogens is 392 g/mol. The monoisotopic (exact) mass is 424 g/mol. The summed E-state index contributed by atoms with van der Waals surface area (Å²) in [4.78, 5) is 32.9. The highest BCUT2D eigenvalue weighted by atomic mass is 16.6. The number of amides is 2. The normalized spacial score (nSPS) is 18.4. The zero-order chi connectivity index (χ0) is 21.6. The molecule has 166 valence electrons. The van der Waals surface area contributed by atoms with Gasteiger partial charge in [-0.2, -0.15) is 0 Å². The van der Waals surface area contributed by atoms with E-state index in [4.69, 9.17) is 4.74 Å². The molecule has 2 fully saturated rings. The molecule has 2 aliphatic rings. The van der Waals surface area contributed by atoms with E-state index < -0.39 is 0 Å². The van der Waals surface area contributed by atoms with Gasteiger partial charge in [-0.15, -0.1) is 0 Å². The van der Waals surface area contributed by atoms with Gasteiger partial charge in [-0.3, -0.25) is 14.6 Å². The lowest BCUT2D eigenvalue weighted by molar-refractivity contribution is -0.134. The van der Waals surface area contributed by atoms with Crippen LogP contribution < -0.4 is 0 Å². The molecule has 2 aromatic rings. The van der Waals surface area contributed by atoms with Crippen LogP contribution in [0.5, 0.6) is 0 Å². The molecule has 2 aliphatic heterocycles. The molecule has 0 N–H and O–H groups in total. The van der Waals surface area contributed by atoms with E-state index in [0.717, 1.165) is 32.7 Å². The fourth-order valence-electron chi connectivity index (χ4n) is 4.42. The summed E-state index contributed by atoms with van der Waals surface area (Å²) < 4.78 is 5.06. The number of carbonyl (C=O) groups is 2. The van der Waals surface area contributed by atoms with Crippen molar-refractivity contribution >= 4 is 22.8 Å². The minimum atomic E-state index is -0.254. The molecule has 2 amide bonds. The molecular formula is C24H32N4O3. The second-order valence-electron chi connectivity index (χ2n) is 8.26. The van der Waals surface area contributed by atoms with E-state index in [1.54, 1.807) is 4.90 Å². The van der Waals surface area contributed by atoms with Crippen molar-refractivity contribution in [1.29, 1.82) is 0 Å². The SMILES string of the molecule is CCOC(=O)N1CCN(CC(=O)N2CCN(Cc3cccc4ccccc34)CC2)CC1. The average molecular weight is 425 g/mol. The largest absolute Gasteiger partial charge is 0.450 e. The number of hydrogen-bond acceptors (Lipinski definition) is 5. The van der Waals surface area contributed by atoms with Gasteiger partial charge in [0.2, 0.25) is 5.91 Å². The van der Waals surface area contributed by atoms with Crippen molar-refractivity contribution in [3.05, 3.63) is 48.0 Å². The summed E-state index contributed by atoms with van der Waals surface area (Å²) in [6, 6.07) is 15.0. The Morgan fingerprint density at radius 1 is 0.806 bits per heavy atom. The number of fused-ring (bicyclic) bond motifs is 1. The molecule has 2 aromatic carbocycles. The summed E-state index contributed by atoms with van der Waals surface area (Å²) in [5.41, 5.74) is 1.34. The molecule has 0 saturated carbocycles. The van der Waals surface area contributed by atoms with Crippen molar-refractivity contribution in [3.8, 4) is 0 Å². The van der Waals surface area contributed by atoms with Gasteiger partial charge in [-0.05, 0) is 23.3 Å². The molecule has 0 bridgehead atoms. The molecule has 0 radical (unpaired) electrons. The highest BCUT2D eigenvalue weighted by Crippen LogP contribution is 2.20. The quantitative estimate of drug-likeness (QED) is 0.737. The minimum Gasteiger partial charge on any atom is -0.450 e. The van der Waals surface area contributed by atoms with Crippen molar-refractivity contribution in [2.45, 2.75) is 13.5 Å². The van der Waals surface area contributed by atoms with Gasteiger partial charge < -0.3 is 14.5 Å². The van der Waals surface area contributed by atoms with E-state index in [-0.39, 0.29) is 12.0 Å². The van der Waals surface area contributed by atoms with Crippen molar-refractivity contribution in [3.63, 3.8) is 0 Å². The molecule has 7 nitrogen and oxygen atoms in total. The van der Waals surface area contributed by atoms with Gasteiger partial charge in [-0.1, -0.05) is 42.5 Å². The molecule has 7 heteroatoms. The third-order valence-corrected chi connectivity index (χ3v) is 6.26. The lowest BCUT2D eigenvalue weighted by atomic mass is 10.0. The van der Waals surface area contributed by atoms with Gasteiger partial charge in [0.05, 0.1) is 13.2 Å². The first-order valence-electron chi connectivity index (χ1n) is 11.2. The molecule has 0 atom stereocenters. The Hall–Kier alpha value is -2.64. The van der Waals surface area contributed by atoms with Crippen LogP contribution in [0, 0.1) is 0 Å². The standard InChI is InChI=1S/C24H32N4O3/c1-2-31-24(30)28-16-12-26(13-17-28)19-23(29)27-14-10-25(11-15-27)18-21-8-5-7-20-6-3-4-9-22(20)21/h3-9H,2,10-19H2,1H3. The van der Waals surface area contributed by atoms with Crippen molar-refractivity contribution in [2.75, 3.05) is 65.5 Å². The van der Waals surface area contributed by atoms with Crippen LogP contribution in [0.1, 0.15) is 12.5 Å². The average Bonchev–Trinajstić information content (AvgIpc) is 2.80. The number of rotatable bonds is 5. The molecule has 31 heavy (non-hydrogen) atoms. The number of hydrogen-bond donors (Lipinski definition) is 0. The zero-order valence-corrected chi connectivity index (χ0v) is 18.3. The molecule has 0 spiro atoms. The third kappa shape index (κ3) is 5.35. The molecule has 2 heterocycles. The Bertz CT molecular complexity index is 897. The lowest BCUT2D eigenvalue weighted by Crippen LogP contribution is -2.54. The van der Waals surface area contributed by atoms with E-state index in [1.165, 1.54) is 16.3 Å². The highest BCUT2D eigenvalue weighted by molar-refractivity contribution is 5.85. The van der Waals surface area contributed by atoms with Crippen LogP contribution >= 0.6 is 0 Å². The Balaban J connectivity index is 1.23. The first-order chi connectivity index (χ1) is 15.1. The van der Waals surface area contributed by atoms with Gasteiger partial charge in [0.15, 0.2) is 0 Å². The molecule has 0 aliphatic carbocycles. The zero-order valence-electron chi connectivity index (χ0n) is 18.3. The summed E-state index contributed by atoms with van der Waals surface area (Å²) in [5, 5.41) is 2.59. The number of carbonyl (C=O) groups excluding carboxylic acids is 2. The minimum absolute atomic E-state index is 0.189. The van der Waals surface area contributed by atoms with Crippen LogP contribution in [0.4, 0.5) is 4.79 Å². The Morgan fingerprint density at radius 3 is 2.19 bits per heavy atom. The van der Waals surface area contributed by atoms with Gasteiger partial charge in [0.25, 0.3) is 0 Å². The van der Waals surface area contributed by atoms with E-state index in [9.17, 15) is 9.59 Å². The summed E-state index contributed by atoms with van der Waals surface area (Å²) in [7, 11) is 0. The summed E-state index contributed by atoms with van der Waals surface area (Å²) in [6.07, 6.45) is -0.254. The predicted octanol–water partition coefficient (Wildman–Crippen LogP) is 2.26. The van der Waals surface area contributed by atoms with Gasteiger partial charge in [-0.25, -0.2) is 4.79 Å². The molecule has 2 saturated heterocycles. The van der Waals surface area contributed by atoms with Crippen LogP contribution in [0.3, 0.4) is 0 Å². The highest BCUT2D eigenvalue weighted by Gasteiger charge is 2.26. The van der Waals surface area contributed by atoms with Gasteiger partial charge in [0.1, 0.15) is 0 Å². The van der Waals surface area contributed by atoms with E-state index in [0.29, 0.717) is 39.3 Å². The molecule has 0 unspecified atom stereocenters. The van der Waals surface area contributed by atoms with Crippen molar-refractivity contribution in [1.82, 2.24) is 19.6 Å². The second kappa shape index (κ2) is 10.1. The summed E-state index contributed by atoms with van der Waals surface area (Å²) in [6.45, 7) is 9.54. The number of nitrogens with zero attached hydrogens (tertiary/aromatic N) is 4. The van der Waals surface area contributed by atoms with Crippen molar-refractivity contribution in [2.24, 2.45) is 0 Å². The fraction of sp³-hybridized carbons (Fsp3) is 0.500. The van der Waals surface area contributed by atoms with E-state index in [2.05, 4.69) is 52.3 Å². The summed E-state index contributed by atoms with van der Waals surface area (Å²) in [5.74, 6) is 0.189. The van der Waals surface area contributed by atoms with Crippen LogP contribution in [0.15, 0.2) is 42.5 Å². The maximum absolute atomic E-state index is 12.8. The van der Waals surface area contributed by atoms with Gasteiger partial charge in [0, 0.05) is 58.9 Å². The Labute approximate surface area is 184 Å². The van der Waals surface area contributed by atoms with Gasteiger partial charge >= 0.3 is 6.09 Å². The van der Waals surface area contributed by atoms with E-state index in [1.807, 2.05) is 11.8 Å². The van der Waals surface area contributed by atoms with Crippen LogP contribution in [0.25, 0.3) is 10.8 Å². The first-order valence-corrected chi connectivity index (χ1v) is 11.2. The number of piperazine rings is 2. The Morgan fingerprint density at radius 2 is 1.45 bits per heavy atom. The maximum atomic E-state index is 12.8. The van der Waals surface area contributed by atoms with Crippen molar-refractivity contribution < 1.29 is 14.3 Å². The topological polar surface area (TPSA) is 56.3 Å². The first kappa shape index (κ1) is 21.6. The lowest BCUT2D eigenvalue weighted by Gasteiger charge is -2.37. The predicted molar refractivity (Wildman–Crippen MR) is 121 cm³/mol.